The minimum atomic E-state index is -0.948. The maximum atomic E-state index is 13.0. The van der Waals surface area contributed by atoms with E-state index in [1.807, 2.05) is 0 Å². The number of hydrogen-bond donors (Lipinski definition) is 2. The molecule has 1 unspecified atom stereocenters. The van der Waals surface area contributed by atoms with Crippen LogP contribution in [-0.2, 0) is 4.79 Å². The van der Waals surface area contributed by atoms with Gasteiger partial charge in [-0.3, -0.25) is 4.79 Å². The van der Waals surface area contributed by atoms with Gasteiger partial charge in [-0.15, -0.1) is 0 Å². The molecular weight excluding hydrogens is 185 g/mol. The van der Waals surface area contributed by atoms with Gasteiger partial charge < -0.3 is 10.8 Å². The number of carboxylic acids is 1. The molecule has 0 bridgehead atoms. The third-order valence-corrected chi connectivity index (χ3v) is 2.13. The first kappa shape index (κ1) is 10.5. The van der Waals surface area contributed by atoms with Gasteiger partial charge in [-0.1, -0.05) is 13.0 Å². The Morgan fingerprint density at radius 2 is 2.29 bits per heavy atom. The fraction of sp³-hybridized carbons (Fsp3) is 0.300. The normalized spacial score (nSPS) is 12.4. The summed E-state index contributed by atoms with van der Waals surface area (Å²) in [6.07, 6.45) is 0.429. The Labute approximate surface area is 81.4 Å². The second kappa shape index (κ2) is 4.09. The lowest BCUT2D eigenvalue weighted by Gasteiger charge is -2.10. The van der Waals surface area contributed by atoms with Gasteiger partial charge in [-0.05, 0) is 24.1 Å². The molecule has 0 aliphatic rings. The molecule has 0 spiro atoms. The summed E-state index contributed by atoms with van der Waals surface area (Å²) in [5.41, 5.74) is 5.77. The standard InChI is InChI=1S/C10H12FNO2/c1-2-7(10(13)14)6-3-4-9(12)8(11)5-6/h3-5,7H,2,12H2,1H3,(H,13,14). The molecule has 0 aliphatic heterocycles. The number of carbonyl (C=O) groups is 1. The molecule has 76 valence electrons. The van der Waals surface area contributed by atoms with Crippen molar-refractivity contribution in [2.45, 2.75) is 19.3 Å². The van der Waals surface area contributed by atoms with Crippen molar-refractivity contribution in [2.75, 3.05) is 5.73 Å². The van der Waals surface area contributed by atoms with Crippen LogP contribution < -0.4 is 5.73 Å². The van der Waals surface area contributed by atoms with E-state index in [1.165, 1.54) is 12.1 Å². The van der Waals surface area contributed by atoms with Gasteiger partial charge in [0.05, 0.1) is 11.6 Å². The van der Waals surface area contributed by atoms with Crippen LogP contribution in [0.5, 0.6) is 0 Å². The fourth-order valence-corrected chi connectivity index (χ4v) is 1.31. The summed E-state index contributed by atoms with van der Waals surface area (Å²) < 4.78 is 13.0. The number of benzene rings is 1. The van der Waals surface area contributed by atoms with E-state index in [-0.39, 0.29) is 5.69 Å². The van der Waals surface area contributed by atoms with Crippen LogP contribution in [0.2, 0.25) is 0 Å². The number of rotatable bonds is 3. The summed E-state index contributed by atoms with van der Waals surface area (Å²) in [5.74, 6) is -2.18. The van der Waals surface area contributed by atoms with E-state index in [9.17, 15) is 9.18 Å². The van der Waals surface area contributed by atoms with Crippen LogP contribution in [0.1, 0.15) is 24.8 Å². The number of halogens is 1. The number of nitrogens with two attached hydrogens (primary N) is 1. The molecule has 3 N–H and O–H groups in total. The summed E-state index contributed by atoms with van der Waals surface area (Å²) in [7, 11) is 0. The Bertz CT molecular complexity index is 352. The molecule has 0 radical (unpaired) electrons. The number of carboxylic acid groups (broad SMARTS) is 1. The maximum absolute atomic E-state index is 13.0. The molecule has 1 aromatic rings. The minimum absolute atomic E-state index is 0.0361. The molecule has 0 heterocycles. The van der Waals surface area contributed by atoms with Gasteiger partial charge in [0.2, 0.25) is 0 Å². The molecular formula is C10H12FNO2. The smallest absolute Gasteiger partial charge is 0.310 e. The van der Waals surface area contributed by atoms with Crippen LogP contribution in [-0.4, -0.2) is 11.1 Å². The van der Waals surface area contributed by atoms with Crippen molar-refractivity contribution in [3.05, 3.63) is 29.6 Å². The van der Waals surface area contributed by atoms with Gasteiger partial charge in [-0.25, -0.2) is 4.39 Å². The van der Waals surface area contributed by atoms with E-state index in [1.54, 1.807) is 13.0 Å². The van der Waals surface area contributed by atoms with Crippen LogP contribution in [0.15, 0.2) is 18.2 Å². The van der Waals surface area contributed by atoms with Crippen molar-refractivity contribution in [3.63, 3.8) is 0 Å². The predicted octanol–water partition coefficient (Wildman–Crippen LogP) is 1.99. The topological polar surface area (TPSA) is 63.3 Å². The van der Waals surface area contributed by atoms with E-state index in [0.717, 1.165) is 0 Å². The first-order valence-corrected chi connectivity index (χ1v) is 4.34. The summed E-state index contributed by atoms with van der Waals surface area (Å²) >= 11 is 0. The van der Waals surface area contributed by atoms with E-state index < -0.39 is 17.7 Å². The Hall–Kier alpha value is -1.58. The highest BCUT2D eigenvalue weighted by atomic mass is 19.1. The zero-order valence-corrected chi connectivity index (χ0v) is 7.83. The predicted molar refractivity (Wildman–Crippen MR) is 51.5 cm³/mol. The Balaban J connectivity index is 3.06. The van der Waals surface area contributed by atoms with Crippen molar-refractivity contribution in [1.29, 1.82) is 0 Å². The van der Waals surface area contributed by atoms with Crippen LogP contribution in [0.3, 0.4) is 0 Å². The first-order valence-electron chi connectivity index (χ1n) is 4.34. The second-order valence-electron chi connectivity index (χ2n) is 3.08. The number of nitrogen functional groups attached to an aromatic ring is 1. The van der Waals surface area contributed by atoms with Crippen LogP contribution in [0.25, 0.3) is 0 Å². The summed E-state index contributed by atoms with van der Waals surface area (Å²) in [4.78, 5) is 10.8. The Kier molecular flexibility index (Phi) is 3.06. The Morgan fingerprint density at radius 1 is 1.64 bits per heavy atom. The summed E-state index contributed by atoms with van der Waals surface area (Å²) in [5, 5.41) is 8.83. The monoisotopic (exact) mass is 197 g/mol. The molecule has 3 nitrogen and oxygen atoms in total. The zero-order valence-electron chi connectivity index (χ0n) is 7.83. The average Bonchev–Trinajstić information content (AvgIpc) is 2.11. The van der Waals surface area contributed by atoms with E-state index in [4.69, 9.17) is 10.8 Å². The van der Waals surface area contributed by atoms with Crippen molar-refractivity contribution in [3.8, 4) is 0 Å². The molecule has 4 heteroatoms. The van der Waals surface area contributed by atoms with E-state index in [0.29, 0.717) is 12.0 Å². The first-order chi connectivity index (χ1) is 6.56. The van der Waals surface area contributed by atoms with E-state index in [2.05, 4.69) is 0 Å². The van der Waals surface area contributed by atoms with Crippen molar-refractivity contribution < 1.29 is 14.3 Å². The lowest BCUT2D eigenvalue weighted by Crippen LogP contribution is -2.10. The second-order valence-corrected chi connectivity index (χ2v) is 3.08. The number of aliphatic carboxylic acids is 1. The lowest BCUT2D eigenvalue weighted by atomic mass is 9.96. The maximum Gasteiger partial charge on any atom is 0.310 e. The fourth-order valence-electron chi connectivity index (χ4n) is 1.31. The van der Waals surface area contributed by atoms with Gasteiger partial charge in [0, 0.05) is 0 Å². The highest BCUT2D eigenvalue weighted by Gasteiger charge is 2.18. The summed E-state index contributed by atoms with van der Waals surface area (Å²) in [6.45, 7) is 1.74. The summed E-state index contributed by atoms with van der Waals surface area (Å²) in [6, 6.07) is 4.11. The van der Waals surface area contributed by atoms with Crippen molar-refractivity contribution in [2.24, 2.45) is 0 Å². The minimum Gasteiger partial charge on any atom is -0.481 e. The molecule has 0 saturated carbocycles. The Morgan fingerprint density at radius 3 is 2.71 bits per heavy atom. The van der Waals surface area contributed by atoms with Crippen molar-refractivity contribution in [1.82, 2.24) is 0 Å². The number of hydrogen-bond acceptors (Lipinski definition) is 2. The molecule has 0 amide bonds. The van der Waals surface area contributed by atoms with E-state index >= 15 is 0 Å². The van der Waals surface area contributed by atoms with Gasteiger partial charge in [0.1, 0.15) is 5.82 Å². The van der Waals surface area contributed by atoms with Gasteiger partial charge in [0.25, 0.3) is 0 Å². The van der Waals surface area contributed by atoms with Crippen LogP contribution in [0, 0.1) is 5.82 Å². The lowest BCUT2D eigenvalue weighted by molar-refractivity contribution is -0.138. The third-order valence-electron chi connectivity index (χ3n) is 2.13. The largest absolute Gasteiger partial charge is 0.481 e. The zero-order chi connectivity index (χ0) is 10.7. The SMILES string of the molecule is CCC(C(=O)O)c1ccc(N)c(F)c1. The third kappa shape index (κ3) is 2.02. The molecule has 1 aromatic carbocycles. The van der Waals surface area contributed by atoms with Gasteiger partial charge >= 0.3 is 5.97 Å². The van der Waals surface area contributed by atoms with Gasteiger partial charge in [0.15, 0.2) is 0 Å². The number of anilines is 1. The molecule has 14 heavy (non-hydrogen) atoms. The van der Waals surface area contributed by atoms with Crippen LogP contribution >= 0.6 is 0 Å². The van der Waals surface area contributed by atoms with Gasteiger partial charge in [-0.2, -0.15) is 0 Å². The molecule has 0 aromatic heterocycles. The highest BCUT2D eigenvalue weighted by molar-refractivity contribution is 5.76. The van der Waals surface area contributed by atoms with Crippen LogP contribution in [0.4, 0.5) is 10.1 Å². The molecule has 0 saturated heterocycles. The molecule has 1 atom stereocenters. The quantitative estimate of drug-likeness (QED) is 0.728. The average molecular weight is 197 g/mol. The highest BCUT2D eigenvalue weighted by Crippen LogP contribution is 2.22. The van der Waals surface area contributed by atoms with Crippen molar-refractivity contribution >= 4 is 11.7 Å². The molecule has 1 rings (SSSR count). The molecule has 0 fully saturated rings. The molecule has 0 aliphatic carbocycles.